The molecule has 23 heavy (non-hydrogen) atoms. The third kappa shape index (κ3) is 4.59. The summed E-state index contributed by atoms with van der Waals surface area (Å²) in [5.41, 5.74) is 4.45. The van der Waals surface area contributed by atoms with Gasteiger partial charge in [-0.15, -0.1) is 0 Å². The van der Waals surface area contributed by atoms with E-state index in [1.54, 1.807) is 0 Å². The minimum absolute atomic E-state index is 0.611. The third-order valence-electron chi connectivity index (χ3n) is 3.66. The lowest BCUT2D eigenvalue weighted by atomic mass is 10.1. The van der Waals surface area contributed by atoms with Crippen molar-refractivity contribution in [3.8, 4) is 11.5 Å². The molecule has 0 N–H and O–H groups in total. The Labute approximate surface area is 139 Å². The Kier molecular flexibility index (Phi) is 6.21. The summed E-state index contributed by atoms with van der Waals surface area (Å²) in [6, 6.07) is 12.1. The predicted octanol–water partition coefficient (Wildman–Crippen LogP) is 5.24. The smallest absolute Gasteiger partial charge is 0.161 e. The van der Waals surface area contributed by atoms with Crippen molar-refractivity contribution in [3.63, 3.8) is 0 Å². The average Bonchev–Trinajstić information content (AvgIpc) is 2.55. The lowest BCUT2D eigenvalue weighted by Crippen LogP contribution is -2.00. The molecule has 122 valence electrons. The van der Waals surface area contributed by atoms with Crippen LogP contribution >= 0.6 is 0 Å². The number of aryl methyl sites for hydroxylation is 1. The molecule has 2 aromatic carbocycles. The molecule has 2 aromatic rings. The summed E-state index contributed by atoms with van der Waals surface area (Å²) in [4.78, 5) is 4.61. The van der Waals surface area contributed by atoms with E-state index in [4.69, 9.17) is 9.47 Å². The van der Waals surface area contributed by atoms with Gasteiger partial charge in [-0.3, -0.25) is 4.99 Å². The van der Waals surface area contributed by atoms with Crippen molar-refractivity contribution in [2.24, 2.45) is 4.99 Å². The van der Waals surface area contributed by atoms with Crippen LogP contribution in [-0.2, 0) is 0 Å². The Morgan fingerprint density at radius 2 is 1.83 bits per heavy atom. The van der Waals surface area contributed by atoms with E-state index in [1.165, 1.54) is 11.1 Å². The molecule has 0 amide bonds. The fourth-order valence-electron chi connectivity index (χ4n) is 2.22. The topological polar surface area (TPSA) is 30.8 Å². The first-order chi connectivity index (χ1) is 11.2. The summed E-state index contributed by atoms with van der Waals surface area (Å²) in [5.74, 6) is 1.56. The maximum Gasteiger partial charge on any atom is 0.161 e. The van der Waals surface area contributed by atoms with Gasteiger partial charge in [-0.1, -0.05) is 19.1 Å². The molecule has 0 aromatic heterocycles. The molecule has 0 saturated heterocycles. The minimum Gasteiger partial charge on any atom is -0.490 e. The van der Waals surface area contributed by atoms with Crippen LogP contribution in [0.1, 0.15) is 37.0 Å². The second-order valence-corrected chi connectivity index (χ2v) is 5.46. The maximum absolute atomic E-state index is 5.72. The van der Waals surface area contributed by atoms with Gasteiger partial charge in [0, 0.05) is 6.21 Å². The monoisotopic (exact) mass is 311 g/mol. The SMILES string of the molecule is CCCOc1ccc(C=Nc2cccc(C)c2C)cc1OCC. The van der Waals surface area contributed by atoms with Crippen LogP contribution in [0.5, 0.6) is 11.5 Å². The molecule has 0 aliphatic carbocycles. The number of hydrogen-bond donors (Lipinski definition) is 0. The molecule has 2 rings (SSSR count). The van der Waals surface area contributed by atoms with Crippen LogP contribution in [0.2, 0.25) is 0 Å². The van der Waals surface area contributed by atoms with Crippen LogP contribution in [0.3, 0.4) is 0 Å². The first-order valence-corrected chi connectivity index (χ1v) is 8.15. The van der Waals surface area contributed by atoms with Gasteiger partial charge in [0.1, 0.15) is 0 Å². The molecule has 0 aliphatic rings. The number of rotatable bonds is 7. The summed E-state index contributed by atoms with van der Waals surface area (Å²) in [5, 5.41) is 0. The first kappa shape index (κ1) is 17.1. The highest BCUT2D eigenvalue weighted by molar-refractivity contribution is 5.83. The van der Waals surface area contributed by atoms with Crippen LogP contribution in [0, 0.1) is 13.8 Å². The molecule has 3 heteroatoms. The Bertz CT molecular complexity index is 677. The van der Waals surface area contributed by atoms with E-state index in [2.05, 4.69) is 31.8 Å². The number of ether oxygens (including phenoxy) is 2. The van der Waals surface area contributed by atoms with Crippen molar-refractivity contribution in [2.75, 3.05) is 13.2 Å². The van der Waals surface area contributed by atoms with E-state index < -0.39 is 0 Å². The Hall–Kier alpha value is -2.29. The molecule has 0 saturated carbocycles. The standard InChI is InChI=1S/C20H25NO2/c1-5-12-23-19-11-10-17(13-20(19)22-6-2)14-21-18-9-7-8-15(3)16(18)4/h7-11,13-14H,5-6,12H2,1-4H3. The van der Waals surface area contributed by atoms with Crippen LogP contribution < -0.4 is 9.47 Å². The van der Waals surface area contributed by atoms with Crippen molar-refractivity contribution < 1.29 is 9.47 Å². The van der Waals surface area contributed by atoms with E-state index in [1.807, 2.05) is 43.5 Å². The summed E-state index contributed by atoms with van der Waals surface area (Å²) in [6.45, 7) is 9.55. The highest BCUT2D eigenvalue weighted by Crippen LogP contribution is 2.28. The zero-order valence-corrected chi connectivity index (χ0v) is 14.4. The maximum atomic E-state index is 5.72. The molecule has 0 aliphatic heterocycles. The van der Waals surface area contributed by atoms with Gasteiger partial charge in [0.2, 0.25) is 0 Å². The van der Waals surface area contributed by atoms with E-state index in [9.17, 15) is 0 Å². The van der Waals surface area contributed by atoms with Crippen LogP contribution in [0.4, 0.5) is 5.69 Å². The molecule has 0 unspecified atom stereocenters. The van der Waals surface area contributed by atoms with Gasteiger partial charge in [-0.05, 0) is 68.1 Å². The largest absolute Gasteiger partial charge is 0.490 e. The van der Waals surface area contributed by atoms with E-state index in [0.717, 1.165) is 29.2 Å². The zero-order chi connectivity index (χ0) is 16.7. The van der Waals surface area contributed by atoms with Crippen LogP contribution in [0.25, 0.3) is 0 Å². The van der Waals surface area contributed by atoms with Crippen molar-refractivity contribution in [1.29, 1.82) is 0 Å². The Morgan fingerprint density at radius 3 is 2.57 bits per heavy atom. The van der Waals surface area contributed by atoms with Crippen LogP contribution in [-0.4, -0.2) is 19.4 Å². The first-order valence-electron chi connectivity index (χ1n) is 8.15. The number of nitrogens with zero attached hydrogens (tertiary/aromatic N) is 1. The molecule has 0 bridgehead atoms. The Morgan fingerprint density at radius 1 is 1.00 bits per heavy atom. The van der Waals surface area contributed by atoms with Gasteiger partial charge < -0.3 is 9.47 Å². The average molecular weight is 311 g/mol. The molecular formula is C20H25NO2. The number of benzene rings is 2. The number of aliphatic imine (C=N–C) groups is 1. The Balaban J connectivity index is 2.24. The predicted molar refractivity (Wildman–Crippen MR) is 96.6 cm³/mol. The second kappa shape index (κ2) is 8.37. The van der Waals surface area contributed by atoms with Gasteiger partial charge in [-0.25, -0.2) is 0 Å². The molecule has 0 atom stereocenters. The van der Waals surface area contributed by atoms with Gasteiger partial charge >= 0.3 is 0 Å². The van der Waals surface area contributed by atoms with Gasteiger partial charge in [-0.2, -0.15) is 0 Å². The van der Waals surface area contributed by atoms with E-state index >= 15 is 0 Å². The third-order valence-corrected chi connectivity index (χ3v) is 3.66. The van der Waals surface area contributed by atoms with E-state index in [0.29, 0.717) is 13.2 Å². The van der Waals surface area contributed by atoms with Crippen LogP contribution in [0.15, 0.2) is 41.4 Å². The fourth-order valence-corrected chi connectivity index (χ4v) is 2.22. The summed E-state index contributed by atoms with van der Waals surface area (Å²) >= 11 is 0. The molecule has 0 heterocycles. The van der Waals surface area contributed by atoms with Gasteiger partial charge in [0.05, 0.1) is 18.9 Å². The molecule has 0 spiro atoms. The van der Waals surface area contributed by atoms with E-state index in [-0.39, 0.29) is 0 Å². The second-order valence-electron chi connectivity index (χ2n) is 5.46. The quantitative estimate of drug-likeness (QED) is 0.655. The van der Waals surface area contributed by atoms with Crippen molar-refractivity contribution in [3.05, 3.63) is 53.1 Å². The summed E-state index contributed by atoms with van der Waals surface area (Å²) in [6.07, 6.45) is 2.84. The van der Waals surface area contributed by atoms with Gasteiger partial charge in [0.25, 0.3) is 0 Å². The highest BCUT2D eigenvalue weighted by atomic mass is 16.5. The fraction of sp³-hybridized carbons (Fsp3) is 0.350. The molecular weight excluding hydrogens is 286 g/mol. The van der Waals surface area contributed by atoms with Crippen molar-refractivity contribution in [1.82, 2.24) is 0 Å². The van der Waals surface area contributed by atoms with Gasteiger partial charge in [0.15, 0.2) is 11.5 Å². The lowest BCUT2D eigenvalue weighted by Gasteiger charge is -2.12. The van der Waals surface area contributed by atoms with Crippen molar-refractivity contribution >= 4 is 11.9 Å². The molecule has 0 fully saturated rings. The van der Waals surface area contributed by atoms with Crippen molar-refractivity contribution in [2.45, 2.75) is 34.1 Å². The number of hydrogen-bond acceptors (Lipinski definition) is 3. The summed E-state index contributed by atoms with van der Waals surface area (Å²) < 4.78 is 11.4. The lowest BCUT2D eigenvalue weighted by molar-refractivity contribution is 0.277. The minimum atomic E-state index is 0.611. The molecule has 3 nitrogen and oxygen atoms in total. The summed E-state index contributed by atoms with van der Waals surface area (Å²) in [7, 11) is 0. The zero-order valence-electron chi connectivity index (χ0n) is 14.4. The normalized spacial score (nSPS) is 11.0. The highest BCUT2D eigenvalue weighted by Gasteiger charge is 2.06. The molecule has 0 radical (unpaired) electrons.